The average Bonchev–Trinajstić information content (AvgIpc) is 2.15. The second kappa shape index (κ2) is 8.81. The number of nitrogens with two attached hydrogens (primary N) is 1. The van der Waals surface area contributed by atoms with Crippen LogP contribution in [0, 0.1) is 0 Å². The molecule has 0 bridgehead atoms. The zero-order valence-electron chi connectivity index (χ0n) is 7.84. The van der Waals surface area contributed by atoms with Crippen LogP contribution in [0.3, 0.4) is 0 Å². The van der Waals surface area contributed by atoms with Crippen LogP contribution in [0.1, 0.15) is 5.69 Å². The number of methoxy groups -OCH3 is 1. The third-order valence-electron chi connectivity index (χ3n) is 1.43. The number of halogens is 2. The third-order valence-corrected chi connectivity index (χ3v) is 1.43. The first-order chi connectivity index (χ1) is 5.88. The molecule has 5 heteroatoms. The van der Waals surface area contributed by atoms with E-state index >= 15 is 0 Å². The van der Waals surface area contributed by atoms with Gasteiger partial charge in [0.25, 0.3) is 0 Å². The van der Waals surface area contributed by atoms with Crippen LogP contribution in [0.2, 0.25) is 0 Å². The van der Waals surface area contributed by atoms with Crippen molar-refractivity contribution in [1.82, 2.24) is 4.98 Å². The third kappa shape index (κ3) is 4.46. The van der Waals surface area contributed by atoms with Crippen LogP contribution in [0.15, 0.2) is 24.4 Å². The summed E-state index contributed by atoms with van der Waals surface area (Å²) < 4.78 is 5.09. The Kier molecular flexibility index (Phi) is 9.88. The maximum Gasteiger partial charge on any atom is 0.144 e. The van der Waals surface area contributed by atoms with Crippen molar-refractivity contribution < 1.29 is 4.74 Å². The summed E-state index contributed by atoms with van der Waals surface area (Å²) in [6, 6.07) is 3.70. The van der Waals surface area contributed by atoms with Gasteiger partial charge in [-0.15, -0.1) is 24.8 Å². The Morgan fingerprint density at radius 1 is 1.50 bits per heavy atom. The fraction of sp³-hybridized carbons (Fsp3) is 0.222. The molecule has 0 aliphatic carbocycles. The van der Waals surface area contributed by atoms with Crippen LogP contribution in [-0.4, -0.2) is 18.6 Å². The lowest BCUT2D eigenvalue weighted by Crippen LogP contribution is -1.93. The second-order valence-corrected chi connectivity index (χ2v) is 2.23. The van der Waals surface area contributed by atoms with Crippen LogP contribution in [0.25, 0.3) is 6.08 Å². The molecule has 0 saturated carbocycles. The molecule has 0 amide bonds. The highest BCUT2D eigenvalue weighted by Crippen LogP contribution is 2.15. The number of hydrogen-bond donors (Lipinski definition) is 1. The van der Waals surface area contributed by atoms with E-state index in [0.29, 0.717) is 6.54 Å². The standard InChI is InChI=1S/C9H12N2O.2ClH/c1-12-9-5-3-7-11-8(9)4-2-6-10;;/h2-5,7H,6,10H2,1H3;2*1H. The van der Waals surface area contributed by atoms with Crippen LogP contribution >= 0.6 is 24.8 Å². The predicted molar refractivity (Wildman–Crippen MR) is 63.4 cm³/mol. The molecule has 1 aromatic rings. The highest BCUT2D eigenvalue weighted by molar-refractivity contribution is 5.85. The first-order valence-electron chi connectivity index (χ1n) is 3.74. The molecule has 0 fully saturated rings. The maximum atomic E-state index is 5.31. The average molecular weight is 237 g/mol. The van der Waals surface area contributed by atoms with Gasteiger partial charge in [-0.25, -0.2) is 0 Å². The summed E-state index contributed by atoms with van der Waals surface area (Å²) in [5, 5.41) is 0. The molecule has 3 nitrogen and oxygen atoms in total. The minimum Gasteiger partial charge on any atom is -0.494 e. The zero-order chi connectivity index (χ0) is 8.81. The largest absolute Gasteiger partial charge is 0.494 e. The Bertz CT molecular complexity index is 279. The zero-order valence-corrected chi connectivity index (χ0v) is 9.48. The molecular formula is C9H14Cl2N2O. The molecule has 14 heavy (non-hydrogen) atoms. The Morgan fingerprint density at radius 2 is 2.21 bits per heavy atom. The van der Waals surface area contributed by atoms with Crippen molar-refractivity contribution >= 4 is 30.9 Å². The molecule has 0 spiro atoms. The molecule has 0 radical (unpaired) electrons. The van der Waals surface area contributed by atoms with Gasteiger partial charge in [0.2, 0.25) is 0 Å². The number of ether oxygens (including phenoxy) is 1. The van der Waals surface area contributed by atoms with E-state index in [-0.39, 0.29) is 24.8 Å². The molecule has 1 rings (SSSR count). The minimum absolute atomic E-state index is 0. The first kappa shape index (κ1) is 15.7. The van der Waals surface area contributed by atoms with Gasteiger partial charge in [-0.1, -0.05) is 6.08 Å². The molecule has 0 unspecified atom stereocenters. The summed E-state index contributed by atoms with van der Waals surface area (Å²) in [7, 11) is 1.62. The van der Waals surface area contributed by atoms with E-state index in [1.807, 2.05) is 24.3 Å². The predicted octanol–water partition coefficient (Wildman–Crippen LogP) is 1.91. The molecule has 0 saturated heterocycles. The topological polar surface area (TPSA) is 48.1 Å². The van der Waals surface area contributed by atoms with Gasteiger partial charge < -0.3 is 10.5 Å². The van der Waals surface area contributed by atoms with Crippen molar-refractivity contribution in [3.63, 3.8) is 0 Å². The van der Waals surface area contributed by atoms with Crippen molar-refractivity contribution in [1.29, 1.82) is 0 Å². The number of aromatic nitrogens is 1. The number of hydrogen-bond acceptors (Lipinski definition) is 3. The molecule has 1 aromatic heterocycles. The van der Waals surface area contributed by atoms with Crippen molar-refractivity contribution in [3.8, 4) is 5.75 Å². The van der Waals surface area contributed by atoms with Crippen LogP contribution in [0.4, 0.5) is 0 Å². The molecule has 0 atom stereocenters. The van der Waals surface area contributed by atoms with E-state index in [4.69, 9.17) is 10.5 Å². The highest BCUT2D eigenvalue weighted by Gasteiger charge is 1.96. The van der Waals surface area contributed by atoms with Crippen molar-refractivity contribution in [2.45, 2.75) is 0 Å². The molecule has 80 valence electrons. The minimum atomic E-state index is 0. The molecule has 0 aliphatic heterocycles. The molecular weight excluding hydrogens is 223 g/mol. The summed E-state index contributed by atoms with van der Waals surface area (Å²) in [5.74, 6) is 0.766. The lowest BCUT2D eigenvalue weighted by Gasteiger charge is -2.01. The van der Waals surface area contributed by atoms with E-state index in [0.717, 1.165) is 11.4 Å². The SMILES string of the molecule is COc1cccnc1C=CCN.Cl.Cl. The van der Waals surface area contributed by atoms with E-state index < -0.39 is 0 Å². The van der Waals surface area contributed by atoms with Gasteiger partial charge in [0.05, 0.1) is 7.11 Å². The summed E-state index contributed by atoms with van der Waals surface area (Å²) in [5.41, 5.74) is 6.12. The quantitative estimate of drug-likeness (QED) is 0.873. The Labute approximate surface area is 96.2 Å². The highest BCUT2D eigenvalue weighted by atomic mass is 35.5. The molecule has 0 aromatic carbocycles. The molecule has 2 N–H and O–H groups in total. The van der Waals surface area contributed by atoms with Gasteiger partial charge in [-0.2, -0.15) is 0 Å². The summed E-state index contributed by atoms with van der Waals surface area (Å²) in [4.78, 5) is 4.12. The van der Waals surface area contributed by atoms with Crippen LogP contribution in [0.5, 0.6) is 5.75 Å². The van der Waals surface area contributed by atoms with Crippen molar-refractivity contribution in [3.05, 3.63) is 30.1 Å². The lowest BCUT2D eigenvalue weighted by molar-refractivity contribution is 0.412. The Morgan fingerprint density at radius 3 is 2.79 bits per heavy atom. The van der Waals surface area contributed by atoms with Crippen molar-refractivity contribution in [2.24, 2.45) is 5.73 Å². The fourth-order valence-electron chi connectivity index (χ4n) is 0.880. The monoisotopic (exact) mass is 236 g/mol. The van der Waals surface area contributed by atoms with E-state index in [1.165, 1.54) is 0 Å². The van der Waals surface area contributed by atoms with E-state index in [2.05, 4.69) is 4.98 Å². The second-order valence-electron chi connectivity index (χ2n) is 2.23. The lowest BCUT2D eigenvalue weighted by atomic mass is 10.3. The van der Waals surface area contributed by atoms with Gasteiger partial charge in [0.15, 0.2) is 0 Å². The number of rotatable bonds is 3. The first-order valence-corrected chi connectivity index (χ1v) is 3.74. The summed E-state index contributed by atoms with van der Waals surface area (Å²) in [6.07, 6.45) is 5.41. The Balaban J connectivity index is 0. The smallest absolute Gasteiger partial charge is 0.144 e. The summed E-state index contributed by atoms with van der Waals surface area (Å²) in [6.45, 7) is 0.514. The van der Waals surface area contributed by atoms with Gasteiger partial charge in [0, 0.05) is 12.7 Å². The van der Waals surface area contributed by atoms with Gasteiger partial charge in [0.1, 0.15) is 11.4 Å². The summed E-state index contributed by atoms with van der Waals surface area (Å²) >= 11 is 0. The van der Waals surface area contributed by atoms with Crippen LogP contribution in [-0.2, 0) is 0 Å². The Hall–Kier alpha value is -0.770. The number of pyridine rings is 1. The van der Waals surface area contributed by atoms with Gasteiger partial charge >= 0.3 is 0 Å². The van der Waals surface area contributed by atoms with E-state index in [1.54, 1.807) is 13.3 Å². The van der Waals surface area contributed by atoms with Crippen LogP contribution < -0.4 is 10.5 Å². The molecule has 0 aliphatic rings. The molecule has 1 heterocycles. The van der Waals surface area contributed by atoms with Gasteiger partial charge in [-0.3, -0.25) is 4.98 Å². The van der Waals surface area contributed by atoms with E-state index in [9.17, 15) is 0 Å². The van der Waals surface area contributed by atoms with Gasteiger partial charge in [-0.05, 0) is 18.2 Å². The van der Waals surface area contributed by atoms with Crippen molar-refractivity contribution in [2.75, 3.05) is 13.7 Å². The maximum absolute atomic E-state index is 5.31. The number of nitrogens with zero attached hydrogens (tertiary/aromatic N) is 1. The normalized spacial score (nSPS) is 9.00. The fourth-order valence-corrected chi connectivity index (χ4v) is 0.880.